The van der Waals surface area contributed by atoms with Crippen molar-refractivity contribution in [3.05, 3.63) is 59.8 Å². The van der Waals surface area contributed by atoms with E-state index in [9.17, 15) is 4.79 Å². The molecule has 33 heavy (non-hydrogen) atoms. The number of fused-ring (bicyclic) bond motifs is 2. The van der Waals surface area contributed by atoms with Gasteiger partial charge in [0, 0.05) is 24.1 Å². The van der Waals surface area contributed by atoms with Gasteiger partial charge in [-0.3, -0.25) is 4.79 Å². The average molecular weight is 461 g/mol. The highest BCUT2D eigenvalue weighted by molar-refractivity contribution is 7.20. The molecule has 6 rings (SSSR count). The highest BCUT2D eigenvalue weighted by Crippen LogP contribution is 2.41. The minimum Gasteiger partial charge on any atom is -0.493 e. The summed E-state index contributed by atoms with van der Waals surface area (Å²) >= 11 is 1.58. The Labute approximate surface area is 195 Å². The molecule has 1 unspecified atom stereocenters. The van der Waals surface area contributed by atoms with Gasteiger partial charge in [-0.1, -0.05) is 29.5 Å². The molecule has 1 saturated carbocycles. The van der Waals surface area contributed by atoms with Crippen molar-refractivity contribution in [3.63, 3.8) is 0 Å². The summed E-state index contributed by atoms with van der Waals surface area (Å²) in [6.45, 7) is 0. The lowest BCUT2D eigenvalue weighted by Crippen LogP contribution is -2.23. The van der Waals surface area contributed by atoms with E-state index in [-0.39, 0.29) is 17.9 Å². The molecule has 2 aliphatic rings. The number of nitrogens with zero attached hydrogens (tertiary/aromatic N) is 3. The van der Waals surface area contributed by atoms with Gasteiger partial charge in [0.15, 0.2) is 17.3 Å². The van der Waals surface area contributed by atoms with Crippen LogP contribution >= 0.6 is 11.3 Å². The Morgan fingerprint density at radius 1 is 1.12 bits per heavy atom. The van der Waals surface area contributed by atoms with Crippen molar-refractivity contribution < 1.29 is 14.3 Å². The van der Waals surface area contributed by atoms with Gasteiger partial charge in [-0.2, -0.15) is 0 Å². The highest BCUT2D eigenvalue weighted by Gasteiger charge is 2.31. The van der Waals surface area contributed by atoms with Gasteiger partial charge in [-0.25, -0.2) is 9.67 Å². The molecule has 1 amide bonds. The number of hydrogen-bond donors (Lipinski definition) is 1. The standard InChI is InChI=1S/C25H24N4O3S/c1-31-20-11-10-15(12-21(20)32-16-6-2-3-7-16)17-13-23(30)27-24-18(17)14-29(28-24)25-26-19-8-4-5-9-22(19)33-25/h4-5,8-12,14,16-17H,2-3,6-7,13H2,1H3,(H,27,28,30). The number of hydrogen-bond acceptors (Lipinski definition) is 6. The van der Waals surface area contributed by atoms with Crippen LogP contribution < -0.4 is 14.8 Å². The molecule has 1 N–H and O–H groups in total. The maximum absolute atomic E-state index is 12.6. The van der Waals surface area contributed by atoms with E-state index in [2.05, 4.69) is 10.4 Å². The Hall–Kier alpha value is -3.39. The molecule has 0 saturated heterocycles. The number of ether oxygens (including phenoxy) is 2. The first-order chi connectivity index (χ1) is 16.2. The fraction of sp³-hybridized carbons (Fsp3) is 0.320. The molecule has 1 aliphatic carbocycles. The summed E-state index contributed by atoms with van der Waals surface area (Å²) in [5.41, 5.74) is 2.94. The zero-order chi connectivity index (χ0) is 22.4. The first kappa shape index (κ1) is 20.2. The molecule has 8 heteroatoms. The molecule has 4 aromatic rings. The molecule has 0 spiro atoms. The largest absolute Gasteiger partial charge is 0.493 e. The highest BCUT2D eigenvalue weighted by atomic mass is 32.1. The lowest BCUT2D eigenvalue weighted by atomic mass is 9.87. The van der Waals surface area contributed by atoms with E-state index in [1.807, 2.05) is 48.7 Å². The normalized spacial score (nSPS) is 18.3. The first-order valence-corrected chi connectivity index (χ1v) is 12.1. The van der Waals surface area contributed by atoms with Crippen LogP contribution in [0.25, 0.3) is 15.3 Å². The SMILES string of the molecule is COc1ccc(C2CC(=O)Nc3nn(-c4nc5ccccc5s4)cc32)cc1OC1CCCC1. The molecule has 1 atom stereocenters. The third kappa shape index (κ3) is 3.74. The number of nitrogens with one attached hydrogen (secondary N) is 1. The van der Waals surface area contributed by atoms with Crippen molar-refractivity contribution in [1.29, 1.82) is 0 Å². The molecule has 1 fully saturated rings. The van der Waals surface area contributed by atoms with E-state index in [4.69, 9.17) is 14.5 Å². The van der Waals surface area contributed by atoms with Gasteiger partial charge in [-0.15, -0.1) is 5.10 Å². The second kappa shape index (κ2) is 8.19. The van der Waals surface area contributed by atoms with Crippen molar-refractivity contribution >= 4 is 33.3 Å². The van der Waals surface area contributed by atoms with Crippen molar-refractivity contribution in [2.75, 3.05) is 12.4 Å². The summed E-state index contributed by atoms with van der Waals surface area (Å²) in [4.78, 5) is 17.3. The van der Waals surface area contributed by atoms with Gasteiger partial charge < -0.3 is 14.8 Å². The number of thiazole rings is 1. The van der Waals surface area contributed by atoms with Crippen LogP contribution in [-0.4, -0.2) is 33.9 Å². The summed E-state index contributed by atoms with van der Waals surface area (Å²) in [7, 11) is 1.66. The van der Waals surface area contributed by atoms with E-state index in [1.54, 1.807) is 23.1 Å². The topological polar surface area (TPSA) is 78.3 Å². The number of rotatable bonds is 5. The summed E-state index contributed by atoms with van der Waals surface area (Å²) in [5.74, 6) is 1.89. The van der Waals surface area contributed by atoms with Crippen molar-refractivity contribution in [2.45, 2.75) is 44.1 Å². The van der Waals surface area contributed by atoms with Crippen LogP contribution in [0.1, 0.15) is 49.1 Å². The van der Waals surface area contributed by atoms with Crippen LogP contribution in [-0.2, 0) is 4.79 Å². The summed E-state index contributed by atoms with van der Waals surface area (Å²) in [5, 5.41) is 8.36. The second-order valence-electron chi connectivity index (χ2n) is 8.58. The molecule has 0 bridgehead atoms. The van der Waals surface area contributed by atoms with Gasteiger partial charge in [0.1, 0.15) is 0 Å². The van der Waals surface area contributed by atoms with Gasteiger partial charge in [0.25, 0.3) is 0 Å². The van der Waals surface area contributed by atoms with Gasteiger partial charge >= 0.3 is 0 Å². The summed E-state index contributed by atoms with van der Waals surface area (Å²) in [6.07, 6.45) is 7.10. The molecule has 2 aromatic carbocycles. The Kier molecular flexibility index (Phi) is 5.02. The lowest BCUT2D eigenvalue weighted by Gasteiger charge is -2.23. The average Bonchev–Trinajstić information content (AvgIpc) is 3.57. The molecule has 1 aliphatic heterocycles. The monoisotopic (exact) mass is 460 g/mol. The molecular weight excluding hydrogens is 436 g/mol. The van der Waals surface area contributed by atoms with E-state index in [0.717, 1.165) is 50.8 Å². The maximum atomic E-state index is 12.6. The minimum absolute atomic E-state index is 0.0453. The molecular formula is C25H24N4O3S. The quantitative estimate of drug-likeness (QED) is 0.438. The number of anilines is 1. The Balaban J connectivity index is 1.37. The Morgan fingerprint density at radius 2 is 1.97 bits per heavy atom. The number of amides is 1. The zero-order valence-corrected chi connectivity index (χ0v) is 19.1. The summed E-state index contributed by atoms with van der Waals surface area (Å²) in [6, 6.07) is 14.0. The number of methoxy groups -OCH3 is 1. The minimum atomic E-state index is -0.117. The van der Waals surface area contributed by atoms with Gasteiger partial charge in [0.05, 0.1) is 23.4 Å². The molecule has 3 heterocycles. The van der Waals surface area contributed by atoms with Crippen molar-refractivity contribution in [3.8, 4) is 16.6 Å². The van der Waals surface area contributed by atoms with Crippen molar-refractivity contribution in [1.82, 2.24) is 14.8 Å². The smallest absolute Gasteiger partial charge is 0.226 e. The van der Waals surface area contributed by atoms with E-state index >= 15 is 0 Å². The lowest BCUT2D eigenvalue weighted by molar-refractivity contribution is -0.116. The Bertz CT molecular complexity index is 1310. The van der Waals surface area contributed by atoms with Crippen LogP contribution in [0.2, 0.25) is 0 Å². The Morgan fingerprint density at radius 3 is 2.79 bits per heavy atom. The van der Waals surface area contributed by atoms with Gasteiger partial charge in [0.2, 0.25) is 11.0 Å². The fourth-order valence-electron chi connectivity index (χ4n) is 4.76. The van der Waals surface area contributed by atoms with E-state index in [1.165, 1.54) is 12.8 Å². The van der Waals surface area contributed by atoms with Crippen LogP contribution in [0.3, 0.4) is 0 Å². The maximum Gasteiger partial charge on any atom is 0.226 e. The van der Waals surface area contributed by atoms with E-state index < -0.39 is 0 Å². The third-order valence-electron chi connectivity index (χ3n) is 6.43. The van der Waals surface area contributed by atoms with Crippen LogP contribution in [0, 0.1) is 0 Å². The number of para-hydroxylation sites is 1. The van der Waals surface area contributed by atoms with Crippen molar-refractivity contribution in [2.24, 2.45) is 0 Å². The zero-order valence-electron chi connectivity index (χ0n) is 18.3. The predicted molar refractivity (Wildman–Crippen MR) is 128 cm³/mol. The van der Waals surface area contributed by atoms with Gasteiger partial charge in [-0.05, 0) is 55.5 Å². The fourth-order valence-corrected chi connectivity index (χ4v) is 5.65. The van der Waals surface area contributed by atoms with Crippen LogP contribution in [0.5, 0.6) is 11.5 Å². The van der Waals surface area contributed by atoms with Crippen LogP contribution in [0.4, 0.5) is 5.82 Å². The van der Waals surface area contributed by atoms with E-state index in [0.29, 0.717) is 12.2 Å². The second-order valence-corrected chi connectivity index (χ2v) is 9.59. The first-order valence-electron chi connectivity index (χ1n) is 11.3. The molecule has 168 valence electrons. The number of benzene rings is 2. The number of aromatic nitrogens is 3. The predicted octanol–water partition coefficient (Wildman–Crippen LogP) is 5.29. The molecule has 2 aromatic heterocycles. The number of carbonyl (C=O) groups is 1. The molecule has 7 nitrogen and oxygen atoms in total. The third-order valence-corrected chi connectivity index (χ3v) is 7.46. The molecule has 0 radical (unpaired) electrons. The summed E-state index contributed by atoms with van der Waals surface area (Å²) < 4.78 is 14.7. The van der Waals surface area contributed by atoms with Crippen LogP contribution in [0.15, 0.2) is 48.7 Å². The number of carbonyl (C=O) groups excluding carboxylic acids is 1.